The molecule has 2 fully saturated rings. The minimum Gasteiger partial charge on any atom is -0.393 e. The lowest BCUT2D eigenvalue weighted by molar-refractivity contribution is -0.135. The molecule has 1 saturated heterocycles. The van der Waals surface area contributed by atoms with Crippen molar-refractivity contribution in [1.29, 1.82) is 0 Å². The van der Waals surface area contributed by atoms with Gasteiger partial charge in [0.25, 0.3) is 0 Å². The molecule has 1 aliphatic carbocycles. The quantitative estimate of drug-likeness (QED) is 0.713. The van der Waals surface area contributed by atoms with E-state index in [0.29, 0.717) is 18.9 Å². The predicted octanol–water partition coefficient (Wildman–Crippen LogP) is 0.343. The summed E-state index contributed by atoms with van der Waals surface area (Å²) in [6, 6.07) is 0. The molecule has 0 aromatic heterocycles. The molecule has 1 heterocycles. The summed E-state index contributed by atoms with van der Waals surface area (Å²) >= 11 is 0. The molecule has 16 heavy (non-hydrogen) atoms. The number of nitrogens with two attached hydrogens (primary N) is 1. The average Bonchev–Trinajstić information content (AvgIpc) is 2.80. The lowest BCUT2D eigenvalue weighted by Gasteiger charge is -2.28. The van der Waals surface area contributed by atoms with E-state index in [1.807, 2.05) is 11.8 Å². The zero-order valence-electron chi connectivity index (χ0n) is 10.1. The molecule has 4 unspecified atom stereocenters. The second kappa shape index (κ2) is 4.00. The lowest BCUT2D eigenvalue weighted by Crippen LogP contribution is -2.52. The van der Waals surface area contributed by atoms with Crippen LogP contribution < -0.4 is 5.73 Å². The SMILES string of the molecule is CCC(C)(N)C(=O)N1CC2CCC(O)C2C1. The van der Waals surface area contributed by atoms with Gasteiger partial charge in [0, 0.05) is 19.0 Å². The number of amides is 1. The van der Waals surface area contributed by atoms with Crippen LogP contribution in [0.4, 0.5) is 0 Å². The van der Waals surface area contributed by atoms with Gasteiger partial charge in [-0.1, -0.05) is 6.92 Å². The summed E-state index contributed by atoms with van der Waals surface area (Å²) in [5.41, 5.74) is 5.22. The Hall–Kier alpha value is -0.610. The van der Waals surface area contributed by atoms with Crippen molar-refractivity contribution in [1.82, 2.24) is 4.90 Å². The second-order valence-corrected chi connectivity index (χ2v) is 5.55. The van der Waals surface area contributed by atoms with Crippen LogP contribution in [0.1, 0.15) is 33.1 Å². The Kier molecular flexibility index (Phi) is 2.97. The van der Waals surface area contributed by atoms with E-state index >= 15 is 0 Å². The highest BCUT2D eigenvalue weighted by atomic mass is 16.3. The van der Waals surface area contributed by atoms with Crippen LogP contribution in [0.15, 0.2) is 0 Å². The Labute approximate surface area is 96.8 Å². The average molecular weight is 226 g/mol. The fourth-order valence-corrected chi connectivity index (χ4v) is 2.91. The van der Waals surface area contributed by atoms with Gasteiger partial charge >= 0.3 is 0 Å². The van der Waals surface area contributed by atoms with Crippen LogP contribution in [-0.4, -0.2) is 40.6 Å². The molecule has 4 heteroatoms. The maximum Gasteiger partial charge on any atom is 0.242 e. The van der Waals surface area contributed by atoms with Crippen LogP contribution in [0.2, 0.25) is 0 Å². The predicted molar refractivity (Wildman–Crippen MR) is 61.7 cm³/mol. The monoisotopic (exact) mass is 226 g/mol. The first kappa shape index (κ1) is 11.9. The van der Waals surface area contributed by atoms with Crippen LogP contribution in [0.25, 0.3) is 0 Å². The maximum atomic E-state index is 12.2. The fraction of sp³-hybridized carbons (Fsp3) is 0.917. The Balaban J connectivity index is 2.02. The van der Waals surface area contributed by atoms with Gasteiger partial charge in [-0.05, 0) is 32.1 Å². The first-order valence-electron chi connectivity index (χ1n) is 6.22. The normalized spacial score (nSPS) is 37.2. The van der Waals surface area contributed by atoms with E-state index in [1.165, 1.54) is 0 Å². The molecule has 2 rings (SSSR count). The molecule has 2 aliphatic rings. The second-order valence-electron chi connectivity index (χ2n) is 5.55. The third-order valence-corrected chi connectivity index (χ3v) is 4.33. The van der Waals surface area contributed by atoms with Gasteiger partial charge in [0.1, 0.15) is 0 Å². The molecule has 4 nitrogen and oxygen atoms in total. The number of hydrogen-bond donors (Lipinski definition) is 2. The standard InChI is InChI=1S/C12H22N2O2/c1-3-12(2,13)11(16)14-6-8-4-5-10(15)9(8)7-14/h8-10,15H,3-7,13H2,1-2H3. The Morgan fingerprint density at radius 1 is 1.50 bits per heavy atom. The summed E-state index contributed by atoms with van der Waals surface area (Å²) < 4.78 is 0. The van der Waals surface area contributed by atoms with Gasteiger partial charge < -0.3 is 15.7 Å². The number of carbonyl (C=O) groups excluding carboxylic acids is 1. The first-order valence-corrected chi connectivity index (χ1v) is 6.22. The molecule has 4 atom stereocenters. The van der Waals surface area contributed by atoms with Crippen molar-refractivity contribution < 1.29 is 9.90 Å². The Bertz CT molecular complexity index is 291. The molecule has 1 aliphatic heterocycles. The molecule has 0 bridgehead atoms. The summed E-state index contributed by atoms with van der Waals surface area (Å²) in [6.45, 7) is 5.20. The molecule has 1 saturated carbocycles. The number of aliphatic hydroxyl groups is 1. The molecular weight excluding hydrogens is 204 g/mol. The van der Waals surface area contributed by atoms with Crippen LogP contribution in [0.3, 0.4) is 0 Å². The third kappa shape index (κ3) is 1.84. The van der Waals surface area contributed by atoms with Gasteiger partial charge in [-0.3, -0.25) is 4.79 Å². The van der Waals surface area contributed by atoms with Crippen LogP contribution in [-0.2, 0) is 4.79 Å². The largest absolute Gasteiger partial charge is 0.393 e. The van der Waals surface area contributed by atoms with Gasteiger partial charge in [0.2, 0.25) is 5.91 Å². The molecule has 0 aromatic carbocycles. The van der Waals surface area contributed by atoms with Gasteiger partial charge in [-0.25, -0.2) is 0 Å². The van der Waals surface area contributed by atoms with Crippen LogP contribution in [0.5, 0.6) is 0 Å². The summed E-state index contributed by atoms with van der Waals surface area (Å²) in [7, 11) is 0. The summed E-state index contributed by atoms with van der Waals surface area (Å²) in [4.78, 5) is 14.0. The van der Waals surface area contributed by atoms with E-state index in [2.05, 4.69) is 0 Å². The number of fused-ring (bicyclic) bond motifs is 1. The van der Waals surface area contributed by atoms with Crippen molar-refractivity contribution in [2.24, 2.45) is 17.6 Å². The van der Waals surface area contributed by atoms with Gasteiger partial charge in [0.05, 0.1) is 11.6 Å². The van der Waals surface area contributed by atoms with Crippen molar-refractivity contribution in [3.05, 3.63) is 0 Å². The third-order valence-electron chi connectivity index (χ3n) is 4.33. The highest BCUT2D eigenvalue weighted by molar-refractivity contribution is 5.85. The van der Waals surface area contributed by atoms with Crippen molar-refractivity contribution in [3.8, 4) is 0 Å². The van der Waals surface area contributed by atoms with E-state index < -0.39 is 5.54 Å². The number of nitrogens with zero attached hydrogens (tertiary/aromatic N) is 1. The van der Waals surface area contributed by atoms with Gasteiger partial charge in [-0.2, -0.15) is 0 Å². The number of likely N-dealkylation sites (tertiary alicyclic amines) is 1. The number of rotatable bonds is 2. The smallest absolute Gasteiger partial charge is 0.242 e. The van der Waals surface area contributed by atoms with E-state index in [9.17, 15) is 9.90 Å². The summed E-state index contributed by atoms with van der Waals surface area (Å²) in [5, 5.41) is 9.79. The van der Waals surface area contributed by atoms with Crippen molar-refractivity contribution in [2.45, 2.75) is 44.8 Å². The fourth-order valence-electron chi connectivity index (χ4n) is 2.91. The molecule has 1 amide bonds. The zero-order valence-corrected chi connectivity index (χ0v) is 10.1. The number of hydrogen-bond acceptors (Lipinski definition) is 3. The van der Waals surface area contributed by atoms with E-state index in [1.54, 1.807) is 6.92 Å². The number of aliphatic hydroxyl groups excluding tert-OH is 1. The molecule has 0 radical (unpaired) electrons. The highest BCUT2D eigenvalue weighted by Crippen LogP contribution is 2.38. The minimum atomic E-state index is -0.746. The molecule has 0 aromatic rings. The minimum absolute atomic E-state index is 0.0385. The van der Waals surface area contributed by atoms with Gasteiger partial charge in [0.15, 0.2) is 0 Å². The first-order chi connectivity index (χ1) is 7.45. The summed E-state index contributed by atoms with van der Waals surface area (Å²) in [6.07, 6.45) is 2.38. The van der Waals surface area contributed by atoms with Gasteiger partial charge in [-0.15, -0.1) is 0 Å². The Morgan fingerprint density at radius 3 is 2.75 bits per heavy atom. The van der Waals surface area contributed by atoms with Crippen molar-refractivity contribution in [3.63, 3.8) is 0 Å². The number of carbonyl (C=O) groups is 1. The Morgan fingerprint density at radius 2 is 2.19 bits per heavy atom. The maximum absolute atomic E-state index is 12.2. The molecule has 3 N–H and O–H groups in total. The zero-order chi connectivity index (χ0) is 11.9. The lowest BCUT2D eigenvalue weighted by atomic mass is 9.98. The van der Waals surface area contributed by atoms with Crippen molar-refractivity contribution >= 4 is 5.91 Å². The van der Waals surface area contributed by atoms with Crippen LogP contribution >= 0.6 is 0 Å². The van der Waals surface area contributed by atoms with E-state index in [-0.39, 0.29) is 17.9 Å². The van der Waals surface area contributed by atoms with E-state index in [4.69, 9.17) is 5.73 Å². The van der Waals surface area contributed by atoms with Crippen molar-refractivity contribution in [2.75, 3.05) is 13.1 Å². The molecular formula is C12H22N2O2. The topological polar surface area (TPSA) is 66.6 Å². The summed E-state index contributed by atoms with van der Waals surface area (Å²) in [5.74, 6) is 0.819. The molecule has 0 spiro atoms. The molecule has 92 valence electrons. The van der Waals surface area contributed by atoms with Crippen LogP contribution in [0, 0.1) is 11.8 Å². The van der Waals surface area contributed by atoms with E-state index in [0.717, 1.165) is 19.4 Å². The highest BCUT2D eigenvalue weighted by Gasteiger charge is 2.45.